The maximum atomic E-state index is 13.8. The number of thiophene rings is 1. The summed E-state index contributed by atoms with van der Waals surface area (Å²) in [6.07, 6.45) is 2.57. The quantitative estimate of drug-likeness (QED) is 0.320. The number of carbonyl (C=O) groups excluding carboxylic acids is 1. The zero-order valence-corrected chi connectivity index (χ0v) is 22.3. The molecule has 6 rings (SSSR count). The lowest BCUT2D eigenvalue weighted by Crippen LogP contribution is -2.37. The van der Waals surface area contributed by atoms with E-state index in [2.05, 4.69) is 31.6 Å². The van der Waals surface area contributed by atoms with Crippen molar-refractivity contribution in [2.24, 2.45) is 11.7 Å². The van der Waals surface area contributed by atoms with E-state index < -0.39 is 5.91 Å². The number of aryl methyl sites for hydroxylation is 1. The second kappa shape index (κ2) is 10.4. The number of primary amides is 1. The van der Waals surface area contributed by atoms with Gasteiger partial charge in [0.15, 0.2) is 0 Å². The highest BCUT2D eigenvalue weighted by molar-refractivity contribution is 7.12. The Hall–Kier alpha value is -4.38. The van der Waals surface area contributed by atoms with E-state index in [4.69, 9.17) is 10.7 Å². The minimum Gasteiger partial charge on any atom is -0.371 e. The third-order valence-electron chi connectivity index (χ3n) is 7.44. The number of carbonyl (C=O) groups is 1. The van der Waals surface area contributed by atoms with Crippen LogP contribution in [0, 0.1) is 5.92 Å². The smallest absolute Gasteiger partial charge is 0.261 e. The predicted molar refractivity (Wildman–Crippen MR) is 152 cm³/mol. The summed E-state index contributed by atoms with van der Waals surface area (Å²) in [7, 11) is 0. The van der Waals surface area contributed by atoms with Crippen LogP contribution in [0.15, 0.2) is 58.7 Å². The van der Waals surface area contributed by atoms with Crippen LogP contribution in [0.3, 0.4) is 0 Å². The zero-order valence-electron chi connectivity index (χ0n) is 21.5. The molecule has 1 aliphatic rings. The van der Waals surface area contributed by atoms with Crippen molar-refractivity contribution in [3.05, 3.63) is 75.0 Å². The van der Waals surface area contributed by atoms with Gasteiger partial charge in [-0.15, -0.1) is 21.5 Å². The van der Waals surface area contributed by atoms with Crippen LogP contribution in [-0.2, 0) is 13.0 Å². The molecule has 1 aliphatic heterocycles. The Morgan fingerprint density at radius 1 is 1.13 bits per heavy atom. The van der Waals surface area contributed by atoms with Gasteiger partial charge in [0.25, 0.3) is 11.5 Å². The first kappa shape index (κ1) is 24.9. The van der Waals surface area contributed by atoms with Gasteiger partial charge in [0.2, 0.25) is 5.82 Å². The molecule has 0 bridgehead atoms. The molecule has 11 heteroatoms. The molecular weight excluding hydrogens is 512 g/mol. The fraction of sp³-hybridized carbons (Fsp3) is 0.286. The summed E-state index contributed by atoms with van der Waals surface area (Å²) in [6, 6.07) is 15.6. The lowest BCUT2D eigenvalue weighted by Gasteiger charge is -2.35. The normalized spacial score (nSPS) is 14.2. The highest BCUT2D eigenvalue weighted by atomic mass is 32.1. The van der Waals surface area contributed by atoms with Gasteiger partial charge in [0.05, 0.1) is 15.8 Å². The number of amides is 1. The van der Waals surface area contributed by atoms with Crippen molar-refractivity contribution in [3.8, 4) is 22.5 Å². The number of fused-ring (bicyclic) bond motifs is 1. The van der Waals surface area contributed by atoms with Crippen LogP contribution in [-0.4, -0.2) is 49.2 Å². The summed E-state index contributed by atoms with van der Waals surface area (Å²) in [4.78, 5) is 33.3. The maximum absolute atomic E-state index is 13.8. The molecule has 5 aromatic rings. The largest absolute Gasteiger partial charge is 0.371 e. The number of rotatable bonds is 7. The standard InChI is InChI=1S/C28H28N8O2S/c1-2-24-30-22-8-7-18(19-11-14-39-25(19)26(29)37)15-21(22)28(38)36(24)16-17-9-12-35(13-10-17)23-6-4-3-5-20(23)27-31-33-34-32-27/h3-8,11,14-15,17H,2,9-10,12-13,16H2,1H3,(H2,29,37)(H,31,32,33,34). The molecule has 1 amide bonds. The van der Waals surface area contributed by atoms with Crippen molar-refractivity contribution in [2.45, 2.75) is 32.7 Å². The number of hydrogen-bond donors (Lipinski definition) is 2. The summed E-state index contributed by atoms with van der Waals surface area (Å²) >= 11 is 1.30. The summed E-state index contributed by atoms with van der Waals surface area (Å²) in [5.41, 5.74) is 9.77. The molecule has 0 spiro atoms. The molecule has 1 saturated heterocycles. The van der Waals surface area contributed by atoms with E-state index in [-0.39, 0.29) is 5.56 Å². The van der Waals surface area contributed by atoms with Crippen LogP contribution in [0.5, 0.6) is 0 Å². The monoisotopic (exact) mass is 540 g/mol. The Morgan fingerprint density at radius 3 is 2.69 bits per heavy atom. The minimum atomic E-state index is -0.469. The van der Waals surface area contributed by atoms with E-state index >= 15 is 0 Å². The number of tetrazole rings is 1. The second-order valence-electron chi connectivity index (χ2n) is 9.74. The first-order valence-electron chi connectivity index (χ1n) is 13.0. The Balaban J connectivity index is 1.26. The van der Waals surface area contributed by atoms with Gasteiger partial charge in [-0.1, -0.05) is 25.1 Å². The van der Waals surface area contributed by atoms with E-state index in [9.17, 15) is 9.59 Å². The number of para-hydroxylation sites is 1. The van der Waals surface area contributed by atoms with Gasteiger partial charge in [-0.2, -0.15) is 5.21 Å². The number of aromatic nitrogens is 6. The number of benzene rings is 2. The van der Waals surface area contributed by atoms with Crippen LogP contribution in [0.1, 0.15) is 35.3 Å². The summed E-state index contributed by atoms with van der Waals surface area (Å²) in [5, 5.41) is 17.0. The van der Waals surface area contributed by atoms with Crippen LogP contribution in [0.4, 0.5) is 5.69 Å². The zero-order chi connectivity index (χ0) is 26.9. The molecule has 1 fully saturated rings. The number of anilines is 1. The lowest BCUT2D eigenvalue weighted by molar-refractivity contribution is 0.100. The topological polar surface area (TPSA) is 136 Å². The Labute approximate surface area is 228 Å². The fourth-order valence-corrected chi connectivity index (χ4v) is 6.22. The summed E-state index contributed by atoms with van der Waals surface area (Å²) in [6.45, 7) is 4.39. The Bertz CT molecular complexity index is 1700. The molecule has 0 atom stereocenters. The molecule has 39 heavy (non-hydrogen) atoms. The number of nitrogens with zero attached hydrogens (tertiary/aromatic N) is 6. The van der Waals surface area contributed by atoms with Gasteiger partial charge in [0.1, 0.15) is 5.82 Å². The van der Waals surface area contributed by atoms with Gasteiger partial charge < -0.3 is 10.6 Å². The number of hydrogen-bond acceptors (Lipinski definition) is 8. The second-order valence-corrected chi connectivity index (χ2v) is 10.7. The molecule has 0 saturated carbocycles. The van der Waals surface area contributed by atoms with Crippen molar-refractivity contribution >= 4 is 33.8 Å². The van der Waals surface area contributed by atoms with Crippen molar-refractivity contribution in [2.75, 3.05) is 18.0 Å². The van der Waals surface area contributed by atoms with Crippen molar-refractivity contribution in [3.63, 3.8) is 0 Å². The van der Waals surface area contributed by atoms with Crippen molar-refractivity contribution in [1.29, 1.82) is 0 Å². The Morgan fingerprint density at radius 2 is 1.95 bits per heavy atom. The van der Waals surface area contributed by atoms with Crippen molar-refractivity contribution in [1.82, 2.24) is 30.2 Å². The highest BCUT2D eigenvalue weighted by Crippen LogP contribution is 2.32. The average Bonchev–Trinajstić information content (AvgIpc) is 3.68. The van der Waals surface area contributed by atoms with E-state index in [1.165, 1.54) is 11.3 Å². The summed E-state index contributed by atoms with van der Waals surface area (Å²) in [5.74, 6) is 1.25. The van der Waals surface area contributed by atoms with Gasteiger partial charge in [-0.3, -0.25) is 14.2 Å². The van der Waals surface area contributed by atoms with Crippen LogP contribution in [0.25, 0.3) is 33.4 Å². The van der Waals surface area contributed by atoms with Gasteiger partial charge in [-0.05, 0) is 65.2 Å². The van der Waals surface area contributed by atoms with Gasteiger partial charge >= 0.3 is 0 Å². The number of nitrogens with two attached hydrogens (primary N) is 1. The number of aromatic amines is 1. The molecule has 0 radical (unpaired) electrons. The molecule has 3 aromatic heterocycles. The minimum absolute atomic E-state index is 0.0422. The fourth-order valence-electron chi connectivity index (χ4n) is 5.45. The van der Waals surface area contributed by atoms with Gasteiger partial charge in [-0.25, -0.2) is 4.98 Å². The third kappa shape index (κ3) is 4.69. The summed E-state index contributed by atoms with van der Waals surface area (Å²) < 4.78 is 1.85. The first-order valence-corrected chi connectivity index (χ1v) is 13.9. The van der Waals surface area contributed by atoms with Crippen LogP contribution in [0.2, 0.25) is 0 Å². The molecule has 2 aromatic carbocycles. The van der Waals surface area contributed by atoms with Crippen LogP contribution >= 0.6 is 11.3 Å². The predicted octanol–water partition coefficient (Wildman–Crippen LogP) is 3.88. The molecule has 3 N–H and O–H groups in total. The molecule has 0 unspecified atom stereocenters. The molecule has 4 heterocycles. The maximum Gasteiger partial charge on any atom is 0.261 e. The number of H-pyrrole nitrogens is 1. The molecule has 198 valence electrons. The highest BCUT2D eigenvalue weighted by Gasteiger charge is 2.24. The van der Waals surface area contributed by atoms with E-state index in [1.807, 2.05) is 59.3 Å². The lowest BCUT2D eigenvalue weighted by atomic mass is 9.95. The van der Waals surface area contributed by atoms with E-state index in [0.717, 1.165) is 54.1 Å². The van der Waals surface area contributed by atoms with Crippen molar-refractivity contribution < 1.29 is 4.79 Å². The average molecular weight is 541 g/mol. The molecule has 10 nitrogen and oxygen atoms in total. The molecule has 0 aliphatic carbocycles. The third-order valence-corrected chi connectivity index (χ3v) is 8.36. The van der Waals surface area contributed by atoms with E-state index in [0.29, 0.717) is 40.5 Å². The van der Waals surface area contributed by atoms with Gasteiger partial charge in [0, 0.05) is 42.9 Å². The van der Waals surface area contributed by atoms with E-state index in [1.54, 1.807) is 0 Å². The van der Waals surface area contributed by atoms with Crippen LogP contribution < -0.4 is 16.2 Å². The number of piperidine rings is 1. The Kier molecular flexibility index (Phi) is 6.65. The number of nitrogens with one attached hydrogen (secondary N) is 1. The molecular formula is C28H28N8O2S. The first-order chi connectivity index (χ1) is 19.0. The SMILES string of the molecule is CCc1nc2ccc(-c3ccsc3C(N)=O)cc2c(=O)n1CC1CCN(c2ccccc2-c2nn[nH]n2)CC1.